The van der Waals surface area contributed by atoms with Crippen LogP contribution >= 0.6 is 47.8 Å². The molecule has 2 nitrogen and oxygen atoms in total. The van der Waals surface area contributed by atoms with Crippen LogP contribution in [0.2, 0.25) is 0 Å². The van der Waals surface area contributed by atoms with Gasteiger partial charge in [-0.2, -0.15) is 0 Å². The first kappa shape index (κ1) is 16.3. The topological polar surface area (TPSA) is 15.3 Å². The molecule has 5 heteroatoms. The molecule has 2 aliphatic heterocycles. The molecular weight excluding hydrogens is 460 g/mol. The van der Waals surface area contributed by atoms with Gasteiger partial charge in [-0.25, -0.2) is 0 Å². The highest BCUT2D eigenvalue weighted by Crippen LogP contribution is 2.46. The van der Waals surface area contributed by atoms with Crippen LogP contribution in [0.5, 0.6) is 0 Å². The van der Waals surface area contributed by atoms with E-state index in [9.17, 15) is 0 Å². The molecule has 0 amide bonds. The highest BCUT2D eigenvalue weighted by molar-refractivity contribution is 9.11. The third-order valence-corrected chi connectivity index (χ3v) is 6.32. The van der Waals surface area contributed by atoms with Crippen molar-refractivity contribution in [3.05, 3.63) is 25.6 Å². The third-order valence-electron chi connectivity index (χ3n) is 4.66. The number of nitrogens with zero attached hydrogens (tertiary/aromatic N) is 1. The Morgan fingerprint density at radius 2 is 1.67 bits per heavy atom. The zero-order valence-corrected chi connectivity index (χ0v) is 17.0. The molecule has 1 aromatic carbocycles. The normalized spacial score (nSPS) is 28.2. The molecule has 2 bridgehead atoms. The van der Waals surface area contributed by atoms with Crippen molar-refractivity contribution in [3.8, 4) is 0 Å². The van der Waals surface area contributed by atoms with E-state index in [1.54, 1.807) is 0 Å². The van der Waals surface area contributed by atoms with Gasteiger partial charge in [-0.1, -0.05) is 22.9 Å². The average molecular weight is 481 g/mol. The van der Waals surface area contributed by atoms with E-state index in [1.165, 1.54) is 46.7 Å². The molecule has 0 aliphatic carbocycles. The summed E-state index contributed by atoms with van der Waals surface area (Å²) >= 11 is 11.1. The average Bonchev–Trinajstić information content (AvgIpc) is 2.68. The second kappa shape index (κ2) is 6.90. The highest BCUT2D eigenvalue weighted by Gasteiger charge is 2.41. The SMILES string of the molecule is CCCNC1CC2CCC(C1)N2c1c(Br)cc(Br)cc1Br. The Morgan fingerprint density at radius 3 is 2.19 bits per heavy atom. The van der Waals surface area contributed by atoms with E-state index in [2.05, 4.69) is 77.1 Å². The number of fused-ring (bicyclic) bond motifs is 2. The van der Waals surface area contributed by atoms with E-state index in [0.717, 1.165) is 11.0 Å². The maximum Gasteiger partial charge on any atom is 0.0660 e. The Hall–Kier alpha value is 0.420. The molecule has 2 aliphatic rings. The summed E-state index contributed by atoms with van der Waals surface area (Å²) in [5.41, 5.74) is 1.33. The van der Waals surface area contributed by atoms with Gasteiger partial charge in [0.05, 0.1) is 5.69 Å². The maximum atomic E-state index is 3.76. The highest BCUT2D eigenvalue weighted by atomic mass is 79.9. The Kier molecular flexibility index (Phi) is 5.35. The van der Waals surface area contributed by atoms with Crippen LogP contribution in [0.25, 0.3) is 0 Å². The van der Waals surface area contributed by atoms with Crippen molar-refractivity contribution in [2.24, 2.45) is 0 Å². The molecule has 2 atom stereocenters. The van der Waals surface area contributed by atoms with Gasteiger partial charge in [0.1, 0.15) is 0 Å². The first-order valence-electron chi connectivity index (χ1n) is 7.76. The van der Waals surface area contributed by atoms with Crippen LogP contribution in [0.15, 0.2) is 25.6 Å². The Bertz CT molecular complexity index is 483. The molecule has 0 spiro atoms. The van der Waals surface area contributed by atoms with E-state index in [4.69, 9.17) is 0 Å². The van der Waals surface area contributed by atoms with Crippen molar-refractivity contribution in [2.45, 2.75) is 57.2 Å². The summed E-state index contributed by atoms with van der Waals surface area (Å²) in [6.45, 7) is 3.39. The van der Waals surface area contributed by atoms with Gasteiger partial charge in [0.25, 0.3) is 0 Å². The van der Waals surface area contributed by atoms with Crippen LogP contribution in [-0.2, 0) is 0 Å². The first-order chi connectivity index (χ1) is 10.1. The molecular formula is C16H21Br3N2. The second-order valence-corrected chi connectivity index (χ2v) is 8.76. The summed E-state index contributed by atoms with van der Waals surface area (Å²) in [7, 11) is 0. The lowest BCUT2D eigenvalue weighted by Crippen LogP contribution is -2.49. The molecule has 3 rings (SSSR count). The lowest BCUT2D eigenvalue weighted by atomic mass is 9.96. The van der Waals surface area contributed by atoms with Crippen LogP contribution < -0.4 is 10.2 Å². The van der Waals surface area contributed by atoms with Gasteiger partial charge in [-0.3, -0.25) is 0 Å². The largest absolute Gasteiger partial charge is 0.364 e. The Labute approximate surface area is 152 Å². The molecule has 1 N–H and O–H groups in total. The summed E-state index contributed by atoms with van der Waals surface area (Å²) in [6, 6.07) is 6.35. The molecule has 0 aromatic heterocycles. The minimum atomic E-state index is 0.673. The second-order valence-electron chi connectivity index (χ2n) is 6.13. The fraction of sp³-hybridized carbons (Fsp3) is 0.625. The number of hydrogen-bond donors (Lipinski definition) is 1. The van der Waals surface area contributed by atoms with Gasteiger partial charge in [0.15, 0.2) is 0 Å². The van der Waals surface area contributed by atoms with E-state index in [0.29, 0.717) is 18.1 Å². The monoisotopic (exact) mass is 478 g/mol. The van der Waals surface area contributed by atoms with Crippen molar-refractivity contribution < 1.29 is 0 Å². The van der Waals surface area contributed by atoms with Crippen LogP contribution in [0, 0.1) is 0 Å². The molecule has 1 aromatic rings. The Balaban J connectivity index is 1.82. The van der Waals surface area contributed by atoms with Gasteiger partial charge < -0.3 is 10.2 Å². The molecule has 0 radical (unpaired) electrons. The number of anilines is 1. The van der Waals surface area contributed by atoms with Gasteiger partial charge in [0, 0.05) is 31.5 Å². The van der Waals surface area contributed by atoms with Gasteiger partial charge in [0.2, 0.25) is 0 Å². The lowest BCUT2D eigenvalue weighted by Gasteiger charge is -2.42. The van der Waals surface area contributed by atoms with Crippen LogP contribution in [0.3, 0.4) is 0 Å². The zero-order valence-electron chi connectivity index (χ0n) is 12.2. The molecule has 0 saturated carbocycles. The first-order valence-corrected chi connectivity index (χ1v) is 10.1. The van der Waals surface area contributed by atoms with E-state index in [-0.39, 0.29) is 0 Å². The standard InChI is InChI=1S/C16H21Br3N2/c1-2-5-20-11-8-12-3-4-13(9-11)21(12)16-14(18)6-10(17)7-15(16)19/h6-7,11-13,20H,2-5,8-9H2,1H3. The number of rotatable bonds is 4. The quantitative estimate of drug-likeness (QED) is 0.614. The van der Waals surface area contributed by atoms with Gasteiger partial charge in [-0.05, 0) is 82.6 Å². The predicted molar refractivity (Wildman–Crippen MR) is 100 cm³/mol. The van der Waals surface area contributed by atoms with E-state index in [1.807, 2.05) is 0 Å². The summed E-state index contributed by atoms with van der Waals surface area (Å²) in [5, 5.41) is 3.72. The van der Waals surface area contributed by atoms with Gasteiger partial charge in [-0.15, -0.1) is 0 Å². The zero-order chi connectivity index (χ0) is 15.0. The number of hydrogen-bond acceptors (Lipinski definition) is 2. The Morgan fingerprint density at radius 1 is 1.10 bits per heavy atom. The minimum Gasteiger partial charge on any atom is -0.364 e. The van der Waals surface area contributed by atoms with Crippen LogP contribution in [0.4, 0.5) is 5.69 Å². The van der Waals surface area contributed by atoms with E-state index >= 15 is 0 Å². The molecule has 116 valence electrons. The van der Waals surface area contributed by atoms with Crippen LogP contribution in [-0.4, -0.2) is 24.7 Å². The van der Waals surface area contributed by atoms with E-state index < -0.39 is 0 Å². The summed E-state index contributed by atoms with van der Waals surface area (Å²) in [4.78, 5) is 2.66. The number of nitrogens with one attached hydrogen (secondary N) is 1. The molecule has 2 heterocycles. The number of halogens is 3. The van der Waals surface area contributed by atoms with Crippen molar-refractivity contribution in [2.75, 3.05) is 11.4 Å². The van der Waals surface area contributed by atoms with Crippen LogP contribution in [0.1, 0.15) is 39.0 Å². The fourth-order valence-electron chi connectivity index (χ4n) is 3.84. The minimum absolute atomic E-state index is 0.673. The molecule has 2 unspecified atom stereocenters. The van der Waals surface area contributed by atoms with Crippen molar-refractivity contribution in [1.82, 2.24) is 5.32 Å². The van der Waals surface area contributed by atoms with Crippen molar-refractivity contribution >= 4 is 53.5 Å². The molecule has 21 heavy (non-hydrogen) atoms. The third kappa shape index (κ3) is 3.36. The maximum absolute atomic E-state index is 3.76. The lowest BCUT2D eigenvalue weighted by molar-refractivity contribution is 0.356. The smallest absolute Gasteiger partial charge is 0.0660 e. The summed E-state index contributed by atoms with van der Waals surface area (Å²) < 4.78 is 3.47. The van der Waals surface area contributed by atoms with Crippen molar-refractivity contribution in [3.63, 3.8) is 0 Å². The predicted octanol–water partition coefficient (Wildman–Crippen LogP) is 5.47. The fourth-order valence-corrected chi connectivity index (χ4v) is 6.51. The summed E-state index contributed by atoms with van der Waals surface area (Å²) in [6.07, 6.45) is 6.41. The summed E-state index contributed by atoms with van der Waals surface area (Å²) in [5.74, 6) is 0. The van der Waals surface area contributed by atoms with Gasteiger partial charge >= 0.3 is 0 Å². The number of benzene rings is 1. The number of piperidine rings is 1. The molecule has 2 saturated heterocycles. The van der Waals surface area contributed by atoms with Crippen molar-refractivity contribution in [1.29, 1.82) is 0 Å². The molecule has 2 fully saturated rings.